The minimum Gasteiger partial charge on any atom is -0.507 e. The Hall–Kier alpha value is -4.01. The molecule has 0 radical (unpaired) electrons. The van der Waals surface area contributed by atoms with Gasteiger partial charge in [-0.15, -0.1) is 29.8 Å². The number of imidazole rings is 1. The molecule has 0 unspecified atom stereocenters. The molecule has 0 fully saturated rings. The second-order valence-electron chi connectivity index (χ2n) is 10.8. The van der Waals surface area contributed by atoms with Crippen LogP contribution in [-0.2, 0) is 27.5 Å². The zero-order valence-corrected chi connectivity index (χ0v) is 25.9. The summed E-state index contributed by atoms with van der Waals surface area (Å²) >= 11 is 0. The van der Waals surface area contributed by atoms with Gasteiger partial charge in [0.1, 0.15) is 11.6 Å². The first-order valence-electron chi connectivity index (χ1n) is 13.7. The van der Waals surface area contributed by atoms with Crippen molar-refractivity contribution in [3.8, 4) is 45.2 Å². The summed E-state index contributed by atoms with van der Waals surface area (Å²) in [6, 6.07) is 34.1. The molecule has 0 saturated carbocycles. The number of aryl methyl sites for hydroxylation is 2. The average molecular weight is 718 g/mol. The van der Waals surface area contributed by atoms with E-state index in [9.17, 15) is 5.11 Å². The Morgan fingerprint density at radius 3 is 2.24 bits per heavy atom. The van der Waals surface area contributed by atoms with Gasteiger partial charge in [-0.25, -0.2) is 4.98 Å². The molecule has 0 saturated heterocycles. The largest absolute Gasteiger partial charge is 0.507 e. The van der Waals surface area contributed by atoms with Crippen molar-refractivity contribution in [2.24, 2.45) is 5.92 Å². The Balaban J connectivity index is 0.00000337. The van der Waals surface area contributed by atoms with Crippen molar-refractivity contribution >= 4 is 11.0 Å². The van der Waals surface area contributed by atoms with Gasteiger partial charge in [-0.05, 0) is 61.6 Å². The van der Waals surface area contributed by atoms with E-state index in [0.29, 0.717) is 17.3 Å². The Kier molecular flexibility index (Phi) is 8.24. The van der Waals surface area contributed by atoms with Crippen LogP contribution < -0.4 is 0 Å². The summed E-state index contributed by atoms with van der Waals surface area (Å²) in [6.07, 6.45) is 2.90. The van der Waals surface area contributed by atoms with E-state index in [1.54, 1.807) is 6.07 Å². The SMILES string of the molecule is Cc1cccc(C)c1-n1c(-c2ccccc2O)nc2c(-c3[c-]c(-c4cc(CC(C)C)ccn4)ccc3)cccc21.[Pt]. The van der Waals surface area contributed by atoms with E-state index in [0.717, 1.165) is 56.7 Å². The second kappa shape index (κ2) is 11.8. The summed E-state index contributed by atoms with van der Waals surface area (Å²) in [5.74, 6) is 1.48. The van der Waals surface area contributed by atoms with Gasteiger partial charge in [-0.3, -0.25) is 9.55 Å². The fourth-order valence-corrected chi connectivity index (χ4v) is 5.54. The molecule has 5 heteroatoms. The maximum atomic E-state index is 10.9. The van der Waals surface area contributed by atoms with Gasteiger partial charge in [0.25, 0.3) is 0 Å². The van der Waals surface area contributed by atoms with Crippen LogP contribution in [0.2, 0.25) is 0 Å². The zero-order chi connectivity index (χ0) is 27.8. The molecule has 0 aliphatic heterocycles. The number of aromatic nitrogens is 3. The van der Waals surface area contributed by atoms with Crippen LogP contribution in [0.5, 0.6) is 5.75 Å². The first-order chi connectivity index (χ1) is 19.4. The molecule has 0 spiro atoms. The summed E-state index contributed by atoms with van der Waals surface area (Å²) in [5, 5.41) is 10.9. The van der Waals surface area contributed by atoms with Gasteiger partial charge in [0.15, 0.2) is 0 Å². The molecule has 4 nitrogen and oxygen atoms in total. The quantitative estimate of drug-likeness (QED) is 0.176. The van der Waals surface area contributed by atoms with Crippen LogP contribution >= 0.6 is 0 Å². The van der Waals surface area contributed by atoms with Gasteiger partial charge < -0.3 is 5.11 Å². The standard InChI is InChI=1S/C36H32N3O.Pt/c1-23(2)20-26-18-19-37-31(21-26)28-13-8-12-27(22-28)29-15-9-16-32-34(29)38-36(30-14-5-6-17-33(30)40)39(32)35-24(3)10-7-11-25(35)4;/h5-19,21,23,40H,20H2,1-4H3;/q-1;. The molecule has 6 rings (SSSR count). The molecule has 1 N–H and O–H groups in total. The van der Waals surface area contributed by atoms with E-state index < -0.39 is 0 Å². The number of phenolic OH excluding ortho intramolecular Hbond substituents is 1. The van der Waals surface area contributed by atoms with Crippen LogP contribution in [0.25, 0.3) is 50.5 Å². The monoisotopic (exact) mass is 717 g/mol. The molecule has 0 atom stereocenters. The molecule has 6 aromatic rings. The van der Waals surface area contributed by atoms with Crippen LogP contribution in [0.15, 0.2) is 97.2 Å². The van der Waals surface area contributed by atoms with Crippen LogP contribution in [-0.4, -0.2) is 19.6 Å². The minimum absolute atomic E-state index is 0. The van der Waals surface area contributed by atoms with Gasteiger partial charge in [-0.2, -0.15) is 0 Å². The van der Waals surface area contributed by atoms with E-state index >= 15 is 0 Å². The predicted octanol–water partition coefficient (Wildman–Crippen LogP) is 8.74. The van der Waals surface area contributed by atoms with Crippen LogP contribution in [0.3, 0.4) is 0 Å². The minimum atomic E-state index is 0. The number of fused-ring (bicyclic) bond motifs is 1. The fraction of sp³-hybridized carbons (Fsp3) is 0.167. The number of para-hydroxylation sites is 3. The molecule has 208 valence electrons. The first-order valence-corrected chi connectivity index (χ1v) is 13.7. The molecular formula is C36H32N3OPt-. The number of rotatable bonds is 6. The van der Waals surface area contributed by atoms with E-state index in [2.05, 4.69) is 110 Å². The summed E-state index contributed by atoms with van der Waals surface area (Å²) in [4.78, 5) is 9.86. The van der Waals surface area contributed by atoms with E-state index in [1.807, 2.05) is 24.4 Å². The van der Waals surface area contributed by atoms with Gasteiger partial charge in [0.05, 0.1) is 22.3 Å². The Morgan fingerprint density at radius 2 is 1.49 bits per heavy atom. The average Bonchev–Trinajstić information content (AvgIpc) is 3.32. The number of benzene rings is 4. The van der Waals surface area contributed by atoms with Gasteiger partial charge in [0.2, 0.25) is 0 Å². The number of pyridine rings is 1. The van der Waals surface area contributed by atoms with Crippen molar-refractivity contribution in [1.29, 1.82) is 0 Å². The molecule has 2 aromatic heterocycles. The van der Waals surface area contributed by atoms with Crippen LogP contribution in [0.4, 0.5) is 0 Å². The predicted molar refractivity (Wildman–Crippen MR) is 164 cm³/mol. The summed E-state index contributed by atoms with van der Waals surface area (Å²) < 4.78 is 2.18. The number of hydrogen-bond donors (Lipinski definition) is 1. The molecule has 0 aliphatic carbocycles. The topological polar surface area (TPSA) is 50.9 Å². The summed E-state index contributed by atoms with van der Waals surface area (Å²) in [6.45, 7) is 8.69. The first kappa shape index (κ1) is 28.5. The Morgan fingerprint density at radius 1 is 0.805 bits per heavy atom. The van der Waals surface area contributed by atoms with Crippen molar-refractivity contribution in [2.75, 3.05) is 0 Å². The fourth-order valence-electron chi connectivity index (χ4n) is 5.54. The van der Waals surface area contributed by atoms with Gasteiger partial charge >= 0.3 is 0 Å². The van der Waals surface area contributed by atoms with E-state index in [1.165, 1.54) is 5.56 Å². The number of phenols is 1. The Bertz CT molecular complexity index is 1830. The Labute approximate surface area is 256 Å². The molecule has 0 bridgehead atoms. The molecule has 0 aliphatic rings. The smallest absolute Gasteiger partial charge is 0.148 e. The van der Waals surface area contributed by atoms with Crippen molar-refractivity contribution in [3.05, 3.63) is 120 Å². The van der Waals surface area contributed by atoms with E-state index in [-0.39, 0.29) is 26.8 Å². The van der Waals surface area contributed by atoms with Gasteiger partial charge in [0, 0.05) is 33.0 Å². The number of nitrogens with zero attached hydrogens (tertiary/aromatic N) is 3. The van der Waals surface area contributed by atoms with E-state index in [4.69, 9.17) is 4.98 Å². The summed E-state index contributed by atoms with van der Waals surface area (Å²) in [5.41, 5.74) is 11.0. The zero-order valence-electron chi connectivity index (χ0n) is 23.6. The third-order valence-electron chi connectivity index (χ3n) is 7.32. The second-order valence-corrected chi connectivity index (χ2v) is 10.8. The third kappa shape index (κ3) is 5.49. The summed E-state index contributed by atoms with van der Waals surface area (Å²) in [7, 11) is 0. The maximum absolute atomic E-state index is 10.9. The molecule has 4 aromatic carbocycles. The third-order valence-corrected chi connectivity index (χ3v) is 7.32. The van der Waals surface area contributed by atoms with Crippen LogP contribution in [0, 0.1) is 25.8 Å². The van der Waals surface area contributed by atoms with Crippen molar-refractivity contribution in [1.82, 2.24) is 14.5 Å². The number of hydrogen-bond acceptors (Lipinski definition) is 3. The van der Waals surface area contributed by atoms with Crippen molar-refractivity contribution < 1.29 is 26.2 Å². The number of aromatic hydroxyl groups is 1. The van der Waals surface area contributed by atoms with Crippen molar-refractivity contribution in [2.45, 2.75) is 34.1 Å². The van der Waals surface area contributed by atoms with Crippen LogP contribution in [0.1, 0.15) is 30.5 Å². The maximum Gasteiger partial charge on any atom is 0.148 e. The molecular weight excluding hydrogens is 685 g/mol. The molecule has 2 heterocycles. The van der Waals surface area contributed by atoms with Crippen molar-refractivity contribution in [3.63, 3.8) is 0 Å². The van der Waals surface area contributed by atoms with Gasteiger partial charge in [-0.1, -0.05) is 79.1 Å². The molecule has 0 amide bonds. The normalized spacial score (nSPS) is 11.1. The molecule has 41 heavy (non-hydrogen) atoms.